The standard InChI is InChI=1S/C10H24N2/c1-5-7-12(4)9-10(3)8-11-6-2/h10-11H,5-9H2,1-4H3. The molecule has 1 unspecified atom stereocenters. The van der Waals surface area contributed by atoms with Crippen molar-refractivity contribution in [3.05, 3.63) is 0 Å². The van der Waals surface area contributed by atoms with Crippen molar-refractivity contribution in [1.29, 1.82) is 0 Å². The molecule has 2 heteroatoms. The summed E-state index contributed by atoms with van der Waals surface area (Å²) in [5.74, 6) is 0.765. The average Bonchev–Trinajstić information content (AvgIpc) is 2.01. The van der Waals surface area contributed by atoms with Gasteiger partial charge in [-0.05, 0) is 39.0 Å². The quantitative estimate of drug-likeness (QED) is 0.627. The highest BCUT2D eigenvalue weighted by Crippen LogP contribution is 1.96. The lowest BCUT2D eigenvalue weighted by atomic mass is 10.1. The van der Waals surface area contributed by atoms with Crippen LogP contribution in [0.1, 0.15) is 27.2 Å². The molecule has 74 valence electrons. The Labute approximate surface area is 77.3 Å². The zero-order valence-electron chi connectivity index (χ0n) is 9.06. The van der Waals surface area contributed by atoms with Crippen LogP contribution in [-0.2, 0) is 0 Å². The summed E-state index contributed by atoms with van der Waals surface area (Å²) < 4.78 is 0. The predicted octanol–water partition coefficient (Wildman–Crippen LogP) is 1.57. The lowest BCUT2D eigenvalue weighted by Gasteiger charge is -2.20. The molecule has 12 heavy (non-hydrogen) atoms. The molecule has 0 aromatic heterocycles. The first kappa shape index (κ1) is 11.9. The van der Waals surface area contributed by atoms with Gasteiger partial charge in [-0.1, -0.05) is 20.8 Å². The first-order valence-electron chi connectivity index (χ1n) is 5.09. The highest BCUT2D eigenvalue weighted by molar-refractivity contribution is 4.60. The van der Waals surface area contributed by atoms with Gasteiger partial charge in [0.2, 0.25) is 0 Å². The zero-order chi connectivity index (χ0) is 9.40. The van der Waals surface area contributed by atoms with E-state index < -0.39 is 0 Å². The van der Waals surface area contributed by atoms with Gasteiger partial charge in [0, 0.05) is 6.54 Å². The topological polar surface area (TPSA) is 15.3 Å². The van der Waals surface area contributed by atoms with Crippen LogP contribution in [0.3, 0.4) is 0 Å². The van der Waals surface area contributed by atoms with E-state index in [1.165, 1.54) is 19.5 Å². The highest BCUT2D eigenvalue weighted by atomic mass is 15.1. The van der Waals surface area contributed by atoms with Gasteiger partial charge in [-0.2, -0.15) is 0 Å². The molecule has 0 spiro atoms. The molecule has 0 radical (unpaired) electrons. The molecule has 0 fully saturated rings. The molecule has 0 heterocycles. The summed E-state index contributed by atoms with van der Waals surface area (Å²) >= 11 is 0. The lowest BCUT2D eigenvalue weighted by Crippen LogP contribution is -2.31. The molecular formula is C10H24N2. The van der Waals surface area contributed by atoms with Gasteiger partial charge in [0.25, 0.3) is 0 Å². The minimum absolute atomic E-state index is 0.765. The van der Waals surface area contributed by atoms with Crippen LogP contribution in [0.15, 0.2) is 0 Å². The largest absolute Gasteiger partial charge is 0.317 e. The Morgan fingerprint density at radius 1 is 1.33 bits per heavy atom. The molecule has 2 nitrogen and oxygen atoms in total. The second kappa shape index (κ2) is 7.56. The van der Waals surface area contributed by atoms with Crippen molar-refractivity contribution in [2.24, 2.45) is 5.92 Å². The van der Waals surface area contributed by atoms with E-state index in [1.807, 2.05) is 0 Å². The summed E-state index contributed by atoms with van der Waals surface area (Å²) in [5, 5.41) is 3.37. The summed E-state index contributed by atoms with van der Waals surface area (Å²) in [5.41, 5.74) is 0. The minimum Gasteiger partial charge on any atom is -0.317 e. The van der Waals surface area contributed by atoms with Gasteiger partial charge in [0.1, 0.15) is 0 Å². The van der Waals surface area contributed by atoms with Crippen molar-refractivity contribution in [2.75, 3.05) is 33.2 Å². The van der Waals surface area contributed by atoms with E-state index in [0.29, 0.717) is 0 Å². The van der Waals surface area contributed by atoms with Crippen LogP contribution in [-0.4, -0.2) is 38.1 Å². The van der Waals surface area contributed by atoms with Gasteiger partial charge in [0.15, 0.2) is 0 Å². The first-order chi connectivity index (χ1) is 5.70. The van der Waals surface area contributed by atoms with Crippen LogP contribution in [0.4, 0.5) is 0 Å². The Hall–Kier alpha value is -0.0800. The van der Waals surface area contributed by atoms with Crippen LogP contribution in [0.25, 0.3) is 0 Å². The predicted molar refractivity (Wildman–Crippen MR) is 55.5 cm³/mol. The van der Waals surface area contributed by atoms with E-state index in [4.69, 9.17) is 0 Å². The minimum atomic E-state index is 0.765. The number of nitrogens with zero attached hydrogens (tertiary/aromatic N) is 1. The van der Waals surface area contributed by atoms with E-state index in [0.717, 1.165) is 19.0 Å². The molecular weight excluding hydrogens is 148 g/mol. The monoisotopic (exact) mass is 172 g/mol. The molecule has 0 aliphatic rings. The third kappa shape index (κ3) is 6.62. The maximum absolute atomic E-state index is 3.37. The van der Waals surface area contributed by atoms with Gasteiger partial charge in [-0.15, -0.1) is 0 Å². The van der Waals surface area contributed by atoms with Crippen LogP contribution < -0.4 is 5.32 Å². The Balaban J connectivity index is 3.33. The SMILES string of the molecule is CCCN(C)CC(C)CNCC. The molecule has 0 amide bonds. The van der Waals surface area contributed by atoms with E-state index in [-0.39, 0.29) is 0 Å². The molecule has 0 rings (SSSR count). The van der Waals surface area contributed by atoms with Crippen molar-refractivity contribution in [2.45, 2.75) is 27.2 Å². The highest BCUT2D eigenvalue weighted by Gasteiger charge is 2.03. The number of hydrogen-bond acceptors (Lipinski definition) is 2. The summed E-state index contributed by atoms with van der Waals surface area (Å²) in [6, 6.07) is 0. The summed E-state index contributed by atoms with van der Waals surface area (Å²) in [4.78, 5) is 2.40. The van der Waals surface area contributed by atoms with E-state index >= 15 is 0 Å². The number of nitrogens with one attached hydrogen (secondary N) is 1. The molecule has 0 bridgehead atoms. The van der Waals surface area contributed by atoms with Gasteiger partial charge in [-0.3, -0.25) is 0 Å². The van der Waals surface area contributed by atoms with Crippen molar-refractivity contribution < 1.29 is 0 Å². The second-order valence-corrected chi connectivity index (χ2v) is 3.68. The van der Waals surface area contributed by atoms with Crippen molar-refractivity contribution in [3.8, 4) is 0 Å². The molecule has 0 aliphatic heterocycles. The van der Waals surface area contributed by atoms with Crippen LogP contribution in [0.5, 0.6) is 0 Å². The third-order valence-corrected chi connectivity index (χ3v) is 1.97. The number of rotatable bonds is 7. The fraction of sp³-hybridized carbons (Fsp3) is 1.00. The Bertz CT molecular complexity index is 93.8. The fourth-order valence-corrected chi connectivity index (χ4v) is 1.46. The van der Waals surface area contributed by atoms with Crippen molar-refractivity contribution >= 4 is 0 Å². The summed E-state index contributed by atoms with van der Waals surface area (Å²) in [6.45, 7) is 11.3. The van der Waals surface area contributed by atoms with E-state index in [1.54, 1.807) is 0 Å². The molecule has 0 aromatic rings. The molecule has 0 aromatic carbocycles. The molecule has 1 N–H and O–H groups in total. The summed E-state index contributed by atoms with van der Waals surface area (Å²) in [6.07, 6.45) is 1.25. The second-order valence-electron chi connectivity index (χ2n) is 3.68. The third-order valence-electron chi connectivity index (χ3n) is 1.97. The van der Waals surface area contributed by atoms with Gasteiger partial charge in [0.05, 0.1) is 0 Å². The molecule has 0 aliphatic carbocycles. The van der Waals surface area contributed by atoms with Crippen LogP contribution in [0.2, 0.25) is 0 Å². The van der Waals surface area contributed by atoms with Crippen LogP contribution in [0, 0.1) is 5.92 Å². The fourth-order valence-electron chi connectivity index (χ4n) is 1.46. The Kier molecular flexibility index (Phi) is 7.51. The molecule has 0 saturated heterocycles. The molecule has 0 saturated carbocycles. The normalized spacial score (nSPS) is 13.8. The average molecular weight is 172 g/mol. The van der Waals surface area contributed by atoms with Gasteiger partial charge in [-0.25, -0.2) is 0 Å². The van der Waals surface area contributed by atoms with E-state index in [2.05, 4.69) is 38.0 Å². The Morgan fingerprint density at radius 2 is 2.00 bits per heavy atom. The van der Waals surface area contributed by atoms with Crippen molar-refractivity contribution in [3.63, 3.8) is 0 Å². The Morgan fingerprint density at radius 3 is 2.50 bits per heavy atom. The van der Waals surface area contributed by atoms with Crippen LogP contribution >= 0.6 is 0 Å². The smallest absolute Gasteiger partial charge is 0.00161 e. The molecule has 1 atom stereocenters. The van der Waals surface area contributed by atoms with E-state index in [9.17, 15) is 0 Å². The van der Waals surface area contributed by atoms with Crippen molar-refractivity contribution in [1.82, 2.24) is 10.2 Å². The first-order valence-corrected chi connectivity index (χ1v) is 5.09. The maximum Gasteiger partial charge on any atom is 0.00161 e. The maximum atomic E-state index is 3.37. The number of hydrogen-bond donors (Lipinski definition) is 1. The summed E-state index contributed by atoms with van der Waals surface area (Å²) in [7, 11) is 2.20. The lowest BCUT2D eigenvalue weighted by molar-refractivity contribution is 0.282. The van der Waals surface area contributed by atoms with Gasteiger partial charge >= 0.3 is 0 Å². The van der Waals surface area contributed by atoms with Gasteiger partial charge < -0.3 is 10.2 Å². The zero-order valence-corrected chi connectivity index (χ0v) is 9.06.